The van der Waals surface area contributed by atoms with E-state index in [0.29, 0.717) is 10.1 Å². The van der Waals surface area contributed by atoms with E-state index >= 15 is 0 Å². The van der Waals surface area contributed by atoms with Crippen LogP contribution in [0.5, 0.6) is 0 Å². The van der Waals surface area contributed by atoms with Crippen LogP contribution in [0.4, 0.5) is 13.2 Å². The van der Waals surface area contributed by atoms with Gasteiger partial charge in [0.1, 0.15) is 16.1 Å². The first-order chi connectivity index (χ1) is 8.99. The number of rotatable bonds is 2. The molecule has 0 fully saturated rings. The van der Waals surface area contributed by atoms with Crippen LogP contribution in [0.3, 0.4) is 0 Å². The van der Waals surface area contributed by atoms with E-state index in [0.717, 1.165) is 24.0 Å². The summed E-state index contributed by atoms with van der Waals surface area (Å²) < 4.78 is 37.0. The minimum absolute atomic E-state index is 0.171. The second kappa shape index (κ2) is 5.24. The van der Waals surface area contributed by atoms with E-state index in [1.165, 1.54) is 18.5 Å². The third-order valence-electron chi connectivity index (χ3n) is 2.02. The summed E-state index contributed by atoms with van der Waals surface area (Å²) in [6.07, 6.45) is -0.987. The maximum Gasteiger partial charge on any atom is 0.417 e. The smallest absolute Gasteiger partial charge is 0.249 e. The number of nitriles is 1. The second-order valence-electron chi connectivity index (χ2n) is 3.34. The number of hydrogen-bond acceptors (Lipinski definition) is 5. The zero-order valence-electron chi connectivity index (χ0n) is 9.22. The van der Waals surface area contributed by atoms with E-state index in [4.69, 9.17) is 5.26 Å². The average Bonchev–Trinajstić information content (AvgIpc) is 2.39. The quantitative estimate of drug-likeness (QED) is 0.847. The molecule has 0 saturated heterocycles. The summed E-state index contributed by atoms with van der Waals surface area (Å²) in [4.78, 5) is 11.4. The van der Waals surface area contributed by atoms with Gasteiger partial charge in [0.05, 0.1) is 18.0 Å². The molecule has 2 rings (SSSR count). The third kappa shape index (κ3) is 3.42. The van der Waals surface area contributed by atoms with E-state index < -0.39 is 11.7 Å². The van der Waals surface area contributed by atoms with Crippen molar-refractivity contribution >= 4 is 11.8 Å². The monoisotopic (exact) mass is 282 g/mol. The Hall–Kier alpha value is -2.14. The molecule has 0 aromatic carbocycles. The van der Waals surface area contributed by atoms with Gasteiger partial charge in [-0.1, -0.05) is 0 Å². The summed E-state index contributed by atoms with van der Waals surface area (Å²) in [5, 5.41) is 9.36. The van der Waals surface area contributed by atoms with E-state index in [1.54, 1.807) is 0 Å². The highest BCUT2D eigenvalue weighted by Crippen LogP contribution is 2.30. The molecule has 0 amide bonds. The molecule has 0 aliphatic heterocycles. The Bertz CT molecular complexity index is 602. The molecule has 2 aromatic heterocycles. The molecule has 0 saturated carbocycles. The lowest BCUT2D eigenvalue weighted by Crippen LogP contribution is -2.05. The number of nitrogens with zero attached hydrogens (tertiary/aromatic N) is 4. The van der Waals surface area contributed by atoms with Gasteiger partial charge in [0, 0.05) is 6.20 Å². The molecule has 0 spiro atoms. The zero-order chi connectivity index (χ0) is 13.9. The van der Waals surface area contributed by atoms with E-state index in [9.17, 15) is 13.2 Å². The molecular weight excluding hydrogens is 277 g/mol. The molecule has 0 aliphatic rings. The summed E-state index contributed by atoms with van der Waals surface area (Å²) in [6, 6.07) is 4.03. The van der Waals surface area contributed by atoms with E-state index in [1.807, 2.05) is 6.07 Å². The van der Waals surface area contributed by atoms with Crippen molar-refractivity contribution in [3.8, 4) is 6.07 Å². The van der Waals surface area contributed by atoms with Crippen LogP contribution in [0.1, 0.15) is 11.3 Å². The highest BCUT2D eigenvalue weighted by Gasteiger charge is 2.30. The van der Waals surface area contributed by atoms with Crippen molar-refractivity contribution in [2.45, 2.75) is 16.2 Å². The van der Waals surface area contributed by atoms with Crippen LogP contribution in [0, 0.1) is 11.3 Å². The number of halogens is 3. The number of pyridine rings is 1. The maximum absolute atomic E-state index is 12.3. The maximum atomic E-state index is 12.3. The Morgan fingerprint density at radius 2 is 1.74 bits per heavy atom. The molecular formula is C11H5F3N4S. The molecule has 0 N–H and O–H groups in total. The van der Waals surface area contributed by atoms with Crippen LogP contribution in [0.25, 0.3) is 0 Å². The molecule has 4 nitrogen and oxygen atoms in total. The SMILES string of the molecule is N#Cc1cnc(Sc2ccc(C(F)(F)F)cn2)cn1. The highest BCUT2D eigenvalue weighted by atomic mass is 32.2. The lowest BCUT2D eigenvalue weighted by Gasteiger charge is -2.06. The van der Waals surface area contributed by atoms with Gasteiger partial charge in [-0.05, 0) is 23.9 Å². The Balaban J connectivity index is 2.13. The van der Waals surface area contributed by atoms with Crippen LogP contribution in [-0.2, 0) is 6.18 Å². The molecule has 2 aromatic rings. The Labute approximate surface area is 110 Å². The molecule has 8 heteroatoms. The largest absolute Gasteiger partial charge is 0.417 e. The Kier molecular flexibility index (Phi) is 3.66. The first-order valence-electron chi connectivity index (χ1n) is 4.92. The van der Waals surface area contributed by atoms with Crippen molar-refractivity contribution in [3.05, 3.63) is 42.0 Å². The average molecular weight is 282 g/mol. The van der Waals surface area contributed by atoms with Gasteiger partial charge in [-0.25, -0.2) is 15.0 Å². The van der Waals surface area contributed by atoms with Crippen molar-refractivity contribution in [2.24, 2.45) is 0 Å². The predicted octanol–water partition coefficient (Wildman–Crippen LogP) is 2.91. The molecule has 0 aliphatic carbocycles. The summed E-state index contributed by atoms with van der Waals surface area (Å²) in [7, 11) is 0. The molecule has 0 radical (unpaired) electrons. The fourth-order valence-electron chi connectivity index (χ4n) is 1.14. The van der Waals surface area contributed by atoms with Crippen LogP contribution in [0.15, 0.2) is 40.8 Å². The van der Waals surface area contributed by atoms with Crippen molar-refractivity contribution in [2.75, 3.05) is 0 Å². The van der Waals surface area contributed by atoms with Gasteiger partial charge in [0.2, 0.25) is 0 Å². The van der Waals surface area contributed by atoms with Gasteiger partial charge in [0.15, 0.2) is 5.69 Å². The van der Waals surface area contributed by atoms with Crippen LogP contribution >= 0.6 is 11.8 Å². The summed E-state index contributed by atoms with van der Waals surface area (Å²) in [5.74, 6) is 0. The summed E-state index contributed by atoms with van der Waals surface area (Å²) >= 11 is 1.06. The third-order valence-corrected chi connectivity index (χ3v) is 2.89. The van der Waals surface area contributed by atoms with Crippen molar-refractivity contribution in [1.29, 1.82) is 5.26 Å². The van der Waals surface area contributed by atoms with Crippen molar-refractivity contribution in [3.63, 3.8) is 0 Å². The number of hydrogen-bond donors (Lipinski definition) is 0. The van der Waals surface area contributed by atoms with E-state index in [2.05, 4.69) is 15.0 Å². The first kappa shape index (κ1) is 13.3. The molecule has 96 valence electrons. The number of alkyl halides is 3. The van der Waals surface area contributed by atoms with Crippen LogP contribution in [-0.4, -0.2) is 15.0 Å². The summed E-state index contributed by atoms with van der Waals surface area (Å²) in [6.45, 7) is 0. The van der Waals surface area contributed by atoms with Gasteiger partial charge in [-0.15, -0.1) is 0 Å². The van der Waals surface area contributed by atoms with Gasteiger partial charge in [-0.2, -0.15) is 18.4 Å². The van der Waals surface area contributed by atoms with Crippen LogP contribution in [0.2, 0.25) is 0 Å². The van der Waals surface area contributed by atoms with Crippen LogP contribution < -0.4 is 0 Å². The van der Waals surface area contributed by atoms with Crippen molar-refractivity contribution in [1.82, 2.24) is 15.0 Å². The molecule has 2 heterocycles. The minimum atomic E-state index is -4.40. The highest BCUT2D eigenvalue weighted by molar-refractivity contribution is 7.99. The Morgan fingerprint density at radius 1 is 1.00 bits per heavy atom. The first-order valence-corrected chi connectivity index (χ1v) is 5.74. The molecule has 0 bridgehead atoms. The summed E-state index contributed by atoms with van der Waals surface area (Å²) in [5.41, 5.74) is -0.632. The van der Waals surface area contributed by atoms with E-state index in [-0.39, 0.29) is 5.69 Å². The van der Waals surface area contributed by atoms with Gasteiger partial charge in [-0.3, -0.25) is 0 Å². The fraction of sp³-hybridized carbons (Fsp3) is 0.0909. The Morgan fingerprint density at radius 3 is 2.21 bits per heavy atom. The lowest BCUT2D eigenvalue weighted by molar-refractivity contribution is -0.137. The van der Waals surface area contributed by atoms with Gasteiger partial charge >= 0.3 is 6.18 Å². The molecule has 0 unspecified atom stereocenters. The normalized spacial score (nSPS) is 11.1. The van der Waals surface area contributed by atoms with Gasteiger partial charge < -0.3 is 0 Å². The van der Waals surface area contributed by atoms with Gasteiger partial charge in [0.25, 0.3) is 0 Å². The molecule has 19 heavy (non-hydrogen) atoms. The second-order valence-corrected chi connectivity index (χ2v) is 4.38. The predicted molar refractivity (Wildman–Crippen MR) is 60.1 cm³/mol. The zero-order valence-corrected chi connectivity index (χ0v) is 10.0. The molecule has 0 atom stereocenters. The number of aromatic nitrogens is 3. The fourth-order valence-corrected chi connectivity index (χ4v) is 1.81. The topological polar surface area (TPSA) is 62.5 Å². The standard InChI is InChI=1S/C11H5F3N4S/c12-11(13,14)7-1-2-9(17-4-7)19-10-6-16-8(3-15)5-18-10/h1-2,4-6H. The lowest BCUT2D eigenvalue weighted by atomic mass is 10.3. The minimum Gasteiger partial charge on any atom is -0.249 e. The van der Waals surface area contributed by atoms with Crippen molar-refractivity contribution < 1.29 is 13.2 Å².